The average Bonchev–Trinajstić information content (AvgIpc) is 2.48. The lowest BCUT2D eigenvalue weighted by molar-refractivity contribution is 0.0935. The van der Waals surface area contributed by atoms with Crippen LogP contribution in [0.25, 0.3) is 0 Å². The van der Waals surface area contributed by atoms with Gasteiger partial charge in [0.25, 0.3) is 5.91 Å². The van der Waals surface area contributed by atoms with Crippen LogP contribution in [0.15, 0.2) is 41.4 Å². The van der Waals surface area contributed by atoms with Crippen molar-refractivity contribution in [1.82, 2.24) is 10.3 Å². The van der Waals surface area contributed by atoms with Crippen LogP contribution in [0.5, 0.6) is 0 Å². The summed E-state index contributed by atoms with van der Waals surface area (Å²) in [4.78, 5) is 17.4. The van der Waals surface area contributed by atoms with Crippen LogP contribution in [0, 0.1) is 0 Å². The first-order valence-electron chi connectivity index (χ1n) is 6.49. The van der Waals surface area contributed by atoms with E-state index in [2.05, 4.69) is 10.3 Å². The van der Waals surface area contributed by atoms with E-state index in [1.807, 2.05) is 18.2 Å². The minimum absolute atomic E-state index is 0.0521. The van der Waals surface area contributed by atoms with Gasteiger partial charge in [0, 0.05) is 21.9 Å². The van der Waals surface area contributed by atoms with Gasteiger partial charge in [0.15, 0.2) is 0 Å². The smallest absolute Gasteiger partial charge is 0.254 e. The molecule has 0 saturated heterocycles. The first kappa shape index (κ1) is 14.7. The number of benzene rings is 1. The molecular formula is C15H12Cl2N2OS. The van der Waals surface area contributed by atoms with E-state index < -0.39 is 0 Å². The third-order valence-corrected chi connectivity index (χ3v) is 4.98. The molecule has 108 valence electrons. The molecule has 1 atom stereocenters. The first-order valence-corrected chi connectivity index (χ1v) is 8.23. The van der Waals surface area contributed by atoms with Crippen molar-refractivity contribution in [3.05, 3.63) is 57.8 Å². The molecule has 0 saturated carbocycles. The van der Waals surface area contributed by atoms with Crippen LogP contribution in [-0.2, 0) is 0 Å². The predicted octanol–water partition coefficient (Wildman–Crippen LogP) is 4.36. The van der Waals surface area contributed by atoms with Crippen molar-refractivity contribution in [1.29, 1.82) is 0 Å². The highest BCUT2D eigenvalue weighted by Gasteiger charge is 2.23. The second-order valence-electron chi connectivity index (χ2n) is 4.69. The number of amides is 1. The van der Waals surface area contributed by atoms with E-state index in [-0.39, 0.29) is 17.1 Å². The topological polar surface area (TPSA) is 42.0 Å². The van der Waals surface area contributed by atoms with Crippen molar-refractivity contribution in [2.24, 2.45) is 0 Å². The Morgan fingerprint density at radius 1 is 1.33 bits per heavy atom. The summed E-state index contributed by atoms with van der Waals surface area (Å²) in [5.41, 5.74) is 1.45. The summed E-state index contributed by atoms with van der Waals surface area (Å²) in [5.74, 6) is 0.747. The molecule has 1 amide bonds. The van der Waals surface area contributed by atoms with Gasteiger partial charge in [-0.1, -0.05) is 23.2 Å². The Kier molecular flexibility index (Phi) is 4.38. The van der Waals surface area contributed by atoms with E-state index >= 15 is 0 Å². The van der Waals surface area contributed by atoms with Crippen molar-refractivity contribution < 1.29 is 4.79 Å². The second-order valence-corrected chi connectivity index (χ2v) is 6.62. The number of hydrogen-bond acceptors (Lipinski definition) is 3. The summed E-state index contributed by atoms with van der Waals surface area (Å²) >= 11 is 13.8. The molecule has 6 heteroatoms. The van der Waals surface area contributed by atoms with Gasteiger partial charge in [-0.3, -0.25) is 4.79 Å². The largest absolute Gasteiger partial charge is 0.345 e. The van der Waals surface area contributed by atoms with Gasteiger partial charge in [0.05, 0.1) is 11.6 Å². The molecule has 0 aliphatic carbocycles. The van der Waals surface area contributed by atoms with Crippen LogP contribution < -0.4 is 5.32 Å². The molecule has 1 aromatic carbocycles. The monoisotopic (exact) mass is 338 g/mol. The fourth-order valence-corrected chi connectivity index (χ4v) is 3.80. The van der Waals surface area contributed by atoms with Gasteiger partial charge >= 0.3 is 0 Å². The Labute approximate surface area is 137 Å². The number of aromatic nitrogens is 1. The first-order chi connectivity index (χ1) is 10.1. The van der Waals surface area contributed by atoms with Crippen molar-refractivity contribution >= 4 is 40.9 Å². The fraction of sp³-hybridized carbons (Fsp3) is 0.200. The molecule has 3 nitrogen and oxygen atoms in total. The molecule has 21 heavy (non-hydrogen) atoms. The molecule has 0 radical (unpaired) electrons. The maximum atomic E-state index is 12.4. The Bertz CT molecular complexity index is 693. The lowest BCUT2D eigenvalue weighted by Gasteiger charge is -2.26. The minimum Gasteiger partial charge on any atom is -0.345 e. The summed E-state index contributed by atoms with van der Waals surface area (Å²) < 4.78 is 0. The Morgan fingerprint density at radius 2 is 2.19 bits per heavy atom. The summed E-state index contributed by atoms with van der Waals surface area (Å²) in [6.07, 6.45) is 2.42. The van der Waals surface area contributed by atoms with Crippen LogP contribution in [0.2, 0.25) is 10.2 Å². The van der Waals surface area contributed by atoms with Crippen LogP contribution >= 0.6 is 35.0 Å². The maximum Gasteiger partial charge on any atom is 0.254 e. The number of nitrogens with zero attached hydrogens (tertiary/aromatic N) is 1. The van der Waals surface area contributed by atoms with Crippen molar-refractivity contribution in [2.45, 2.75) is 17.4 Å². The van der Waals surface area contributed by atoms with Gasteiger partial charge in [0.1, 0.15) is 5.15 Å². The zero-order valence-electron chi connectivity index (χ0n) is 11.0. The van der Waals surface area contributed by atoms with Crippen molar-refractivity contribution in [3.63, 3.8) is 0 Å². The zero-order valence-corrected chi connectivity index (χ0v) is 13.3. The molecule has 2 heterocycles. The molecule has 1 aromatic heterocycles. The Morgan fingerprint density at radius 3 is 3.00 bits per heavy atom. The standard InChI is InChI=1S/C15H12Cl2N2OS/c16-9-3-4-13-11(8-9)12(5-7-21-13)19-15(20)10-2-1-6-18-14(10)17/h1-4,6,8,12H,5,7H2,(H,19,20). The zero-order chi connectivity index (χ0) is 14.8. The maximum absolute atomic E-state index is 12.4. The van der Waals surface area contributed by atoms with Gasteiger partial charge in [-0.25, -0.2) is 4.98 Å². The van der Waals surface area contributed by atoms with Crippen molar-refractivity contribution in [2.75, 3.05) is 5.75 Å². The second kappa shape index (κ2) is 6.26. The lowest BCUT2D eigenvalue weighted by atomic mass is 10.0. The number of halogens is 2. The third kappa shape index (κ3) is 3.18. The van der Waals surface area contributed by atoms with Crippen molar-refractivity contribution in [3.8, 4) is 0 Å². The van der Waals surface area contributed by atoms with Crippen LogP contribution in [0.3, 0.4) is 0 Å². The van der Waals surface area contributed by atoms with E-state index in [1.54, 1.807) is 30.1 Å². The fourth-order valence-electron chi connectivity index (χ4n) is 2.31. The highest BCUT2D eigenvalue weighted by Crippen LogP contribution is 2.37. The molecule has 1 N–H and O–H groups in total. The van der Waals surface area contributed by atoms with E-state index in [0.29, 0.717) is 10.6 Å². The van der Waals surface area contributed by atoms with E-state index in [4.69, 9.17) is 23.2 Å². The number of fused-ring (bicyclic) bond motifs is 1. The molecule has 1 aliphatic rings. The molecule has 0 spiro atoms. The van der Waals surface area contributed by atoms with Gasteiger partial charge < -0.3 is 5.32 Å². The molecular weight excluding hydrogens is 327 g/mol. The normalized spacial score (nSPS) is 17.1. The quantitative estimate of drug-likeness (QED) is 0.827. The van der Waals surface area contributed by atoms with Crippen LogP contribution in [-0.4, -0.2) is 16.6 Å². The van der Waals surface area contributed by atoms with Crippen LogP contribution in [0.4, 0.5) is 0 Å². The van der Waals surface area contributed by atoms with Crippen LogP contribution in [0.1, 0.15) is 28.4 Å². The predicted molar refractivity (Wildman–Crippen MR) is 86.2 cm³/mol. The summed E-state index contributed by atoms with van der Waals surface area (Å²) in [5, 5.41) is 3.91. The van der Waals surface area contributed by atoms with E-state index in [9.17, 15) is 4.79 Å². The van der Waals surface area contributed by atoms with Gasteiger partial charge in [-0.15, -0.1) is 11.8 Å². The SMILES string of the molecule is O=C(NC1CCSc2ccc(Cl)cc21)c1cccnc1Cl. The molecule has 1 aliphatic heterocycles. The number of nitrogens with one attached hydrogen (secondary N) is 1. The van der Waals surface area contributed by atoms with Gasteiger partial charge in [-0.05, 0) is 42.3 Å². The molecule has 2 aromatic rings. The minimum atomic E-state index is -0.212. The number of rotatable bonds is 2. The number of carbonyl (C=O) groups excluding carboxylic acids is 1. The highest BCUT2D eigenvalue weighted by molar-refractivity contribution is 7.99. The average molecular weight is 339 g/mol. The number of hydrogen-bond donors (Lipinski definition) is 1. The summed E-state index contributed by atoms with van der Waals surface area (Å²) in [6.45, 7) is 0. The Balaban J connectivity index is 1.85. The summed E-state index contributed by atoms with van der Waals surface area (Å²) in [6, 6.07) is 9.10. The summed E-state index contributed by atoms with van der Waals surface area (Å²) in [7, 11) is 0. The number of carbonyl (C=O) groups is 1. The molecule has 3 rings (SSSR count). The van der Waals surface area contributed by atoms with Gasteiger partial charge in [0.2, 0.25) is 0 Å². The highest BCUT2D eigenvalue weighted by atomic mass is 35.5. The van der Waals surface area contributed by atoms with Gasteiger partial charge in [-0.2, -0.15) is 0 Å². The lowest BCUT2D eigenvalue weighted by Crippen LogP contribution is -2.31. The van der Waals surface area contributed by atoms with E-state index in [0.717, 1.165) is 22.6 Å². The van der Waals surface area contributed by atoms with E-state index in [1.165, 1.54) is 0 Å². The Hall–Kier alpha value is -1.23. The number of pyridine rings is 1. The molecule has 0 fully saturated rings. The third-order valence-electron chi connectivity index (χ3n) is 3.32. The molecule has 0 bridgehead atoms. The number of thioether (sulfide) groups is 1. The molecule has 1 unspecified atom stereocenters.